The van der Waals surface area contributed by atoms with Gasteiger partial charge in [0.25, 0.3) is 0 Å². The van der Waals surface area contributed by atoms with Crippen molar-refractivity contribution in [1.29, 1.82) is 0 Å². The number of rotatable bonds is 3. The summed E-state index contributed by atoms with van der Waals surface area (Å²) in [5, 5.41) is 21.0. The Bertz CT molecular complexity index is 730. The average Bonchev–Trinajstić information content (AvgIpc) is 3.07. The second-order valence-corrected chi connectivity index (χ2v) is 4.24. The fraction of sp³-hybridized carbons (Fsp3) is 0.214. The van der Waals surface area contributed by atoms with Crippen molar-refractivity contribution >= 4 is 27.9 Å². The summed E-state index contributed by atoms with van der Waals surface area (Å²) < 4.78 is 15.3. The Labute approximate surface area is 113 Å². The van der Waals surface area contributed by atoms with E-state index in [1.807, 2.05) is 0 Å². The number of benzene rings is 1. The van der Waals surface area contributed by atoms with Crippen molar-refractivity contribution in [2.45, 2.75) is 13.0 Å². The number of hydrogen-bond acceptors (Lipinski definition) is 6. The van der Waals surface area contributed by atoms with Crippen LogP contribution in [-0.4, -0.2) is 22.8 Å². The van der Waals surface area contributed by atoms with E-state index in [4.69, 9.17) is 13.6 Å². The molecule has 2 heterocycles. The maximum absolute atomic E-state index is 11.8. The fourth-order valence-electron chi connectivity index (χ4n) is 2.26. The molecule has 0 saturated heterocycles. The first-order valence-corrected chi connectivity index (χ1v) is 6.09. The number of hydrogen-bond donors (Lipinski definition) is 2. The number of aliphatic hydroxyl groups excluding tert-OH is 1. The Kier molecular flexibility index (Phi) is 2.87. The van der Waals surface area contributed by atoms with Gasteiger partial charge in [-0.1, -0.05) is 0 Å². The molecule has 0 radical (unpaired) electrons. The first kappa shape index (κ1) is 12.6. The lowest BCUT2D eigenvalue weighted by molar-refractivity contribution is -0.153. The van der Waals surface area contributed by atoms with Crippen LogP contribution in [0, 0.1) is 0 Å². The van der Waals surface area contributed by atoms with Crippen LogP contribution < -0.4 is 0 Å². The number of carbonyl (C=O) groups is 1. The molecule has 0 saturated carbocycles. The molecule has 0 fully saturated rings. The van der Waals surface area contributed by atoms with Gasteiger partial charge < -0.3 is 23.8 Å². The number of esters is 1. The number of aromatic hydroxyl groups is 1. The number of ether oxygens (including phenoxy) is 1. The quantitative estimate of drug-likeness (QED) is 0.714. The van der Waals surface area contributed by atoms with Gasteiger partial charge in [0, 0.05) is 10.9 Å². The van der Waals surface area contributed by atoms with E-state index in [1.54, 1.807) is 13.0 Å². The topological polar surface area (TPSA) is 93.0 Å². The van der Waals surface area contributed by atoms with Crippen molar-refractivity contribution in [2.24, 2.45) is 0 Å². The van der Waals surface area contributed by atoms with E-state index in [9.17, 15) is 15.0 Å². The molecule has 1 unspecified atom stereocenters. The second kappa shape index (κ2) is 4.57. The van der Waals surface area contributed by atoms with Crippen LogP contribution in [0.25, 0.3) is 21.9 Å². The van der Waals surface area contributed by atoms with Crippen LogP contribution in [0.2, 0.25) is 0 Å². The highest BCUT2D eigenvalue weighted by Crippen LogP contribution is 2.41. The van der Waals surface area contributed by atoms with Gasteiger partial charge in [-0.05, 0) is 19.1 Å². The number of aliphatic hydroxyl groups is 1. The van der Waals surface area contributed by atoms with Crippen molar-refractivity contribution in [3.63, 3.8) is 0 Å². The monoisotopic (exact) mass is 276 g/mol. The van der Waals surface area contributed by atoms with Crippen LogP contribution >= 0.6 is 0 Å². The Morgan fingerprint density at radius 2 is 1.90 bits per heavy atom. The van der Waals surface area contributed by atoms with E-state index in [0.717, 1.165) is 0 Å². The van der Waals surface area contributed by atoms with E-state index in [0.29, 0.717) is 10.8 Å². The number of phenols is 1. The van der Waals surface area contributed by atoms with E-state index in [-0.39, 0.29) is 29.1 Å². The van der Waals surface area contributed by atoms with Gasteiger partial charge >= 0.3 is 5.97 Å². The lowest BCUT2D eigenvalue weighted by atomic mass is 10.0. The zero-order valence-corrected chi connectivity index (χ0v) is 10.6. The normalized spacial score (nSPS) is 12.9. The summed E-state index contributed by atoms with van der Waals surface area (Å²) in [4.78, 5) is 11.8. The summed E-state index contributed by atoms with van der Waals surface area (Å²) in [6.45, 7) is 1.81. The van der Waals surface area contributed by atoms with E-state index in [2.05, 4.69) is 0 Å². The zero-order valence-electron chi connectivity index (χ0n) is 10.6. The predicted octanol–water partition coefficient (Wildman–Crippen LogP) is 2.48. The minimum absolute atomic E-state index is 0.0893. The number of phenolic OH excluding ortho intramolecular Hbond substituents is 1. The molecule has 0 aliphatic carbocycles. The molecule has 0 spiro atoms. The predicted molar refractivity (Wildman–Crippen MR) is 69.2 cm³/mol. The maximum atomic E-state index is 11.8. The van der Waals surface area contributed by atoms with E-state index >= 15 is 0 Å². The maximum Gasteiger partial charge on any atom is 0.339 e. The molecule has 0 amide bonds. The Morgan fingerprint density at radius 3 is 2.60 bits per heavy atom. The summed E-state index contributed by atoms with van der Waals surface area (Å²) in [6, 6.07) is 3.09. The molecule has 6 nitrogen and oxygen atoms in total. The van der Waals surface area contributed by atoms with Gasteiger partial charge in [-0.25, -0.2) is 4.79 Å². The van der Waals surface area contributed by atoms with Crippen molar-refractivity contribution in [2.75, 3.05) is 6.61 Å². The second-order valence-electron chi connectivity index (χ2n) is 4.24. The van der Waals surface area contributed by atoms with Crippen molar-refractivity contribution < 1.29 is 28.6 Å². The number of furan rings is 2. The van der Waals surface area contributed by atoms with Gasteiger partial charge in [0.05, 0.1) is 24.5 Å². The van der Waals surface area contributed by atoms with Gasteiger partial charge in [-0.2, -0.15) is 0 Å². The molecule has 0 bridgehead atoms. The Balaban J connectivity index is 2.31. The largest absolute Gasteiger partial charge is 0.504 e. The lowest BCUT2D eigenvalue weighted by Gasteiger charge is -2.12. The third-order valence-electron chi connectivity index (χ3n) is 3.12. The molecule has 2 aromatic heterocycles. The molecule has 0 aliphatic heterocycles. The summed E-state index contributed by atoms with van der Waals surface area (Å²) >= 11 is 0. The van der Waals surface area contributed by atoms with Crippen molar-refractivity contribution in [3.8, 4) is 5.75 Å². The molecule has 1 aromatic carbocycles. The van der Waals surface area contributed by atoms with Gasteiger partial charge in [0.1, 0.15) is 5.58 Å². The first-order chi connectivity index (χ1) is 9.65. The van der Waals surface area contributed by atoms with Crippen molar-refractivity contribution in [1.82, 2.24) is 0 Å². The first-order valence-electron chi connectivity index (χ1n) is 6.09. The minimum Gasteiger partial charge on any atom is -0.504 e. The summed E-state index contributed by atoms with van der Waals surface area (Å²) in [7, 11) is 0. The summed E-state index contributed by atoms with van der Waals surface area (Å²) in [5.74, 6) is -0.869. The third kappa shape index (κ3) is 1.65. The molecule has 104 valence electrons. The van der Waals surface area contributed by atoms with Crippen molar-refractivity contribution in [3.05, 3.63) is 30.2 Å². The Hall–Kier alpha value is -2.47. The molecule has 1 atom stereocenters. The highest BCUT2D eigenvalue weighted by molar-refractivity contribution is 6.06. The number of carbonyl (C=O) groups excluding carboxylic acids is 1. The van der Waals surface area contributed by atoms with Gasteiger partial charge in [-0.15, -0.1) is 0 Å². The molecular weight excluding hydrogens is 264 g/mol. The molecular formula is C14H12O6. The highest BCUT2D eigenvalue weighted by atomic mass is 16.5. The van der Waals surface area contributed by atoms with Crippen LogP contribution in [0.15, 0.2) is 33.5 Å². The lowest BCUT2D eigenvalue weighted by Crippen LogP contribution is -2.15. The average molecular weight is 276 g/mol. The van der Waals surface area contributed by atoms with E-state index < -0.39 is 12.1 Å². The van der Waals surface area contributed by atoms with Crippen LogP contribution in [-0.2, 0) is 9.53 Å². The third-order valence-corrected chi connectivity index (χ3v) is 3.12. The van der Waals surface area contributed by atoms with Gasteiger partial charge in [0.15, 0.2) is 17.4 Å². The fourth-order valence-corrected chi connectivity index (χ4v) is 2.26. The SMILES string of the molecule is CCOC(=O)C(O)c1c2ccoc2c(O)c2ccoc12. The van der Waals surface area contributed by atoms with Crippen LogP contribution in [0.5, 0.6) is 5.75 Å². The smallest absolute Gasteiger partial charge is 0.339 e. The van der Waals surface area contributed by atoms with Gasteiger partial charge in [-0.3, -0.25) is 0 Å². The minimum atomic E-state index is -1.51. The molecule has 6 heteroatoms. The standard InChI is InChI=1S/C14H12O6/c1-2-18-14(17)11(16)9-7-3-5-20-13(7)10(15)8-4-6-19-12(8)9/h3-6,11,15-16H,2H2,1H3. The molecule has 2 N–H and O–H groups in total. The summed E-state index contributed by atoms with van der Waals surface area (Å²) in [6.07, 6.45) is 1.22. The number of fused-ring (bicyclic) bond motifs is 2. The zero-order chi connectivity index (χ0) is 14.3. The highest BCUT2D eigenvalue weighted by Gasteiger charge is 2.28. The van der Waals surface area contributed by atoms with Crippen LogP contribution in [0.1, 0.15) is 18.6 Å². The van der Waals surface area contributed by atoms with Crippen LogP contribution in [0.3, 0.4) is 0 Å². The Morgan fingerprint density at radius 1 is 1.25 bits per heavy atom. The molecule has 3 aromatic rings. The van der Waals surface area contributed by atoms with Crippen LogP contribution in [0.4, 0.5) is 0 Å². The summed E-state index contributed by atoms with van der Waals surface area (Å²) in [5.41, 5.74) is 0.652. The molecule has 0 aliphatic rings. The van der Waals surface area contributed by atoms with E-state index in [1.165, 1.54) is 18.6 Å². The van der Waals surface area contributed by atoms with Gasteiger partial charge in [0.2, 0.25) is 0 Å². The molecule has 20 heavy (non-hydrogen) atoms. The molecule has 3 rings (SSSR count).